The highest BCUT2D eigenvalue weighted by Crippen LogP contribution is 2.39. The van der Waals surface area contributed by atoms with Crippen molar-refractivity contribution in [2.24, 2.45) is 0 Å². The monoisotopic (exact) mass is 253 g/mol. The molecule has 1 aromatic carbocycles. The topological polar surface area (TPSA) is 87.9 Å². The number of hydrogen-bond donors (Lipinski definition) is 0. The predicted molar refractivity (Wildman–Crippen MR) is 59.6 cm³/mol. The number of para-hydroxylation sites is 1. The van der Waals surface area contributed by atoms with Crippen LogP contribution in [0.25, 0.3) is 0 Å². The predicted octanol–water partition coefficient (Wildman–Crippen LogP) is 1.30. The van der Waals surface area contributed by atoms with Crippen LogP contribution in [0.5, 0.6) is 11.5 Å². The van der Waals surface area contributed by atoms with Gasteiger partial charge in [0.25, 0.3) is 0 Å². The Labute approximate surface area is 102 Å². The molecule has 0 bridgehead atoms. The third kappa shape index (κ3) is 2.50. The van der Waals surface area contributed by atoms with Gasteiger partial charge in [-0.3, -0.25) is 14.9 Å². The van der Waals surface area contributed by atoms with Crippen molar-refractivity contribution in [1.29, 1.82) is 0 Å². The van der Waals surface area contributed by atoms with Gasteiger partial charge >= 0.3 is 11.7 Å². The van der Waals surface area contributed by atoms with Crippen molar-refractivity contribution in [1.82, 2.24) is 0 Å². The second kappa shape index (κ2) is 4.91. The normalized spacial score (nSPS) is 17.1. The fourth-order valence-electron chi connectivity index (χ4n) is 1.57. The Bertz CT molecular complexity index is 486. The summed E-state index contributed by atoms with van der Waals surface area (Å²) in [6, 6.07) is 4.42. The molecule has 1 unspecified atom stereocenters. The van der Waals surface area contributed by atoms with Gasteiger partial charge in [0.1, 0.15) is 13.2 Å². The number of nitrogens with zero attached hydrogens (tertiary/aromatic N) is 1. The zero-order valence-electron chi connectivity index (χ0n) is 9.62. The van der Waals surface area contributed by atoms with E-state index < -0.39 is 17.0 Å². The van der Waals surface area contributed by atoms with Crippen LogP contribution in [0.4, 0.5) is 5.69 Å². The van der Waals surface area contributed by atoms with E-state index in [2.05, 4.69) is 0 Å². The van der Waals surface area contributed by atoms with Gasteiger partial charge in [0.15, 0.2) is 11.9 Å². The molecule has 18 heavy (non-hydrogen) atoms. The molecule has 0 N–H and O–H groups in total. The molecule has 0 aliphatic carbocycles. The lowest BCUT2D eigenvalue weighted by molar-refractivity contribution is -0.386. The lowest BCUT2D eigenvalue weighted by Gasteiger charge is -2.25. The SMILES string of the molecule is CC(=O)OCC1COc2c(cccc2[N+](=O)[O-])O1. The van der Waals surface area contributed by atoms with E-state index in [0.717, 1.165) is 0 Å². The Balaban J connectivity index is 2.13. The van der Waals surface area contributed by atoms with E-state index in [1.54, 1.807) is 6.07 Å². The second-order valence-corrected chi connectivity index (χ2v) is 3.71. The highest BCUT2D eigenvalue weighted by Gasteiger charge is 2.28. The van der Waals surface area contributed by atoms with E-state index >= 15 is 0 Å². The summed E-state index contributed by atoms with van der Waals surface area (Å²) in [5, 5.41) is 10.8. The van der Waals surface area contributed by atoms with Gasteiger partial charge in [-0.15, -0.1) is 0 Å². The second-order valence-electron chi connectivity index (χ2n) is 3.71. The number of esters is 1. The minimum Gasteiger partial charge on any atom is -0.480 e. The van der Waals surface area contributed by atoms with Crippen LogP contribution in [-0.4, -0.2) is 30.2 Å². The largest absolute Gasteiger partial charge is 0.480 e. The van der Waals surface area contributed by atoms with Gasteiger partial charge in [0, 0.05) is 13.0 Å². The zero-order valence-corrected chi connectivity index (χ0v) is 9.62. The Morgan fingerprint density at radius 3 is 3.06 bits per heavy atom. The van der Waals surface area contributed by atoms with Crippen molar-refractivity contribution in [3.63, 3.8) is 0 Å². The molecule has 2 rings (SSSR count). The van der Waals surface area contributed by atoms with Crippen LogP contribution >= 0.6 is 0 Å². The third-order valence-corrected chi connectivity index (χ3v) is 2.33. The van der Waals surface area contributed by atoms with E-state index in [-0.39, 0.29) is 30.4 Å². The van der Waals surface area contributed by atoms with Crippen molar-refractivity contribution in [3.05, 3.63) is 28.3 Å². The molecule has 1 aromatic rings. The average Bonchev–Trinajstić information content (AvgIpc) is 2.35. The van der Waals surface area contributed by atoms with E-state index in [1.807, 2.05) is 0 Å². The first-order valence-corrected chi connectivity index (χ1v) is 5.28. The first kappa shape index (κ1) is 12.2. The van der Waals surface area contributed by atoms with Crippen LogP contribution in [0.1, 0.15) is 6.92 Å². The average molecular weight is 253 g/mol. The number of nitro benzene ring substituents is 1. The Morgan fingerprint density at radius 1 is 1.61 bits per heavy atom. The van der Waals surface area contributed by atoms with Gasteiger partial charge in [-0.1, -0.05) is 6.07 Å². The maximum atomic E-state index is 10.8. The molecule has 0 spiro atoms. The van der Waals surface area contributed by atoms with Crippen LogP contribution in [-0.2, 0) is 9.53 Å². The summed E-state index contributed by atoms with van der Waals surface area (Å²) >= 11 is 0. The molecule has 0 saturated heterocycles. The van der Waals surface area contributed by atoms with E-state index in [1.165, 1.54) is 19.1 Å². The summed E-state index contributed by atoms with van der Waals surface area (Å²) in [5.41, 5.74) is -0.140. The lowest BCUT2D eigenvalue weighted by atomic mass is 10.2. The minimum atomic E-state index is -0.533. The number of carbonyl (C=O) groups excluding carboxylic acids is 1. The number of ether oxygens (including phenoxy) is 3. The molecule has 96 valence electrons. The lowest BCUT2D eigenvalue weighted by Crippen LogP contribution is -2.34. The van der Waals surface area contributed by atoms with Crippen LogP contribution in [0.2, 0.25) is 0 Å². The molecule has 7 nitrogen and oxygen atoms in total. The molecular weight excluding hydrogens is 242 g/mol. The molecule has 1 atom stereocenters. The Morgan fingerprint density at radius 2 is 2.39 bits per heavy atom. The minimum absolute atomic E-state index is 0.0530. The van der Waals surface area contributed by atoms with Gasteiger partial charge in [-0.2, -0.15) is 0 Å². The summed E-state index contributed by atoms with van der Waals surface area (Å²) in [7, 11) is 0. The fourth-order valence-corrected chi connectivity index (χ4v) is 1.57. The quantitative estimate of drug-likeness (QED) is 0.458. The van der Waals surface area contributed by atoms with Gasteiger partial charge in [-0.25, -0.2) is 0 Å². The molecule has 0 fully saturated rings. The molecule has 1 heterocycles. The molecule has 0 radical (unpaired) electrons. The maximum Gasteiger partial charge on any atom is 0.314 e. The number of hydrogen-bond acceptors (Lipinski definition) is 6. The first-order valence-electron chi connectivity index (χ1n) is 5.28. The summed E-state index contributed by atoms with van der Waals surface area (Å²) in [6.07, 6.45) is -0.455. The standard InChI is InChI=1S/C11H11NO6/c1-7(13)16-5-8-6-17-11-9(12(14)15)3-2-4-10(11)18-8/h2-4,8H,5-6H2,1H3. The molecule has 0 aromatic heterocycles. The van der Waals surface area contributed by atoms with E-state index in [9.17, 15) is 14.9 Å². The number of benzene rings is 1. The summed E-state index contributed by atoms with van der Waals surface area (Å²) in [5.74, 6) is -0.0161. The van der Waals surface area contributed by atoms with Crippen LogP contribution in [0, 0.1) is 10.1 Å². The van der Waals surface area contributed by atoms with E-state index in [4.69, 9.17) is 14.2 Å². The smallest absolute Gasteiger partial charge is 0.314 e. The van der Waals surface area contributed by atoms with Gasteiger partial charge in [0.2, 0.25) is 5.75 Å². The molecule has 0 amide bonds. The van der Waals surface area contributed by atoms with Crippen molar-refractivity contribution in [2.75, 3.05) is 13.2 Å². The molecule has 0 saturated carbocycles. The van der Waals surface area contributed by atoms with Crippen LogP contribution < -0.4 is 9.47 Å². The Kier molecular flexibility index (Phi) is 3.31. The summed E-state index contributed by atoms with van der Waals surface area (Å²) in [6.45, 7) is 1.45. The van der Waals surface area contributed by atoms with Gasteiger partial charge < -0.3 is 14.2 Å². The van der Waals surface area contributed by atoms with Crippen molar-refractivity contribution in [2.45, 2.75) is 13.0 Å². The highest BCUT2D eigenvalue weighted by atomic mass is 16.6. The molecule has 1 aliphatic rings. The zero-order chi connectivity index (χ0) is 13.1. The third-order valence-electron chi connectivity index (χ3n) is 2.33. The van der Waals surface area contributed by atoms with Gasteiger partial charge in [-0.05, 0) is 6.07 Å². The fraction of sp³-hybridized carbons (Fsp3) is 0.364. The van der Waals surface area contributed by atoms with Gasteiger partial charge in [0.05, 0.1) is 4.92 Å². The maximum absolute atomic E-state index is 10.8. The Hall–Kier alpha value is -2.31. The molecular formula is C11H11NO6. The van der Waals surface area contributed by atoms with E-state index in [0.29, 0.717) is 0 Å². The van der Waals surface area contributed by atoms with Crippen LogP contribution in [0.3, 0.4) is 0 Å². The van der Waals surface area contributed by atoms with Crippen molar-refractivity contribution >= 4 is 11.7 Å². The van der Waals surface area contributed by atoms with Crippen LogP contribution in [0.15, 0.2) is 18.2 Å². The molecule has 1 aliphatic heterocycles. The number of nitro groups is 1. The summed E-state index contributed by atoms with van der Waals surface area (Å²) in [4.78, 5) is 20.9. The first-order chi connectivity index (χ1) is 8.58. The van der Waals surface area contributed by atoms with Crippen molar-refractivity contribution in [3.8, 4) is 11.5 Å². The summed E-state index contributed by atoms with van der Waals surface area (Å²) < 4.78 is 15.6. The molecule has 7 heteroatoms. The van der Waals surface area contributed by atoms with Crippen molar-refractivity contribution < 1.29 is 23.9 Å². The highest BCUT2D eigenvalue weighted by molar-refractivity contribution is 5.65. The number of fused-ring (bicyclic) bond motifs is 1. The number of carbonyl (C=O) groups is 1. The number of rotatable bonds is 3.